The lowest BCUT2D eigenvalue weighted by Gasteiger charge is -2.53. The molecule has 2 atom stereocenters. The highest BCUT2D eigenvalue weighted by Crippen LogP contribution is 2.50. The third-order valence-corrected chi connectivity index (χ3v) is 3.63. The lowest BCUT2D eigenvalue weighted by molar-refractivity contribution is -0.278. The number of aliphatic hydroxyl groups is 1. The molecule has 0 radical (unpaired) electrons. The predicted molar refractivity (Wildman–Crippen MR) is 64.1 cm³/mol. The molecule has 2 rings (SSSR count). The van der Waals surface area contributed by atoms with E-state index in [1.807, 2.05) is 44.2 Å². The minimum absolute atomic E-state index is 0.248. The molecule has 86 valence electrons. The SMILES string of the molecule is C=CC(C)(C)[C@@]1(O)CO[C@@H]1c1ccccc1. The molecule has 0 aromatic heterocycles. The first-order valence-electron chi connectivity index (χ1n) is 5.54. The Balaban J connectivity index is 2.30. The standard InChI is InChI=1S/C14H18O2/c1-4-13(2,3)14(15)10-16-12(14)11-8-6-5-7-9-11/h4-9,12,15H,1,10H2,2-3H3/t12-,14-/m1/s1. The summed E-state index contributed by atoms with van der Waals surface area (Å²) >= 11 is 0. The molecule has 1 fully saturated rings. The zero-order valence-electron chi connectivity index (χ0n) is 9.81. The fourth-order valence-corrected chi connectivity index (χ4v) is 2.02. The van der Waals surface area contributed by atoms with Crippen molar-refractivity contribution in [2.24, 2.45) is 5.41 Å². The molecule has 0 bridgehead atoms. The average Bonchev–Trinajstić information content (AvgIpc) is 2.28. The summed E-state index contributed by atoms with van der Waals surface area (Å²) in [6, 6.07) is 9.83. The first-order valence-corrected chi connectivity index (χ1v) is 5.54. The van der Waals surface area contributed by atoms with Crippen LogP contribution >= 0.6 is 0 Å². The molecule has 2 nitrogen and oxygen atoms in total. The molecule has 1 aliphatic heterocycles. The Labute approximate surface area is 96.6 Å². The molecule has 1 aliphatic rings. The Kier molecular flexibility index (Phi) is 2.64. The smallest absolute Gasteiger partial charge is 0.127 e. The van der Waals surface area contributed by atoms with Crippen LogP contribution in [-0.2, 0) is 4.74 Å². The molecule has 1 aromatic carbocycles. The molecule has 16 heavy (non-hydrogen) atoms. The van der Waals surface area contributed by atoms with Gasteiger partial charge in [0.15, 0.2) is 0 Å². The highest BCUT2D eigenvalue weighted by Gasteiger charge is 2.56. The Bertz CT molecular complexity index is 383. The summed E-state index contributed by atoms with van der Waals surface area (Å²) in [4.78, 5) is 0. The van der Waals surface area contributed by atoms with Crippen LogP contribution < -0.4 is 0 Å². The molecular weight excluding hydrogens is 200 g/mol. The summed E-state index contributed by atoms with van der Waals surface area (Å²) in [6.45, 7) is 8.13. The summed E-state index contributed by atoms with van der Waals surface area (Å²) in [6.07, 6.45) is 1.55. The van der Waals surface area contributed by atoms with Crippen molar-refractivity contribution in [3.05, 3.63) is 48.6 Å². The second kappa shape index (κ2) is 3.72. The van der Waals surface area contributed by atoms with Gasteiger partial charge in [-0.25, -0.2) is 0 Å². The first-order chi connectivity index (χ1) is 7.51. The van der Waals surface area contributed by atoms with E-state index in [-0.39, 0.29) is 11.5 Å². The zero-order chi connectivity index (χ0) is 11.8. The predicted octanol–water partition coefficient (Wildman–Crippen LogP) is 2.70. The van der Waals surface area contributed by atoms with Gasteiger partial charge in [-0.3, -0.25) is 0 Å². The van der Waals surface area contributed by atoms with Crippen molar-refractivity contribution >= 4 is 0 Å². The van der Waals surface area contributed by atoms with Crippen molar-refractivity contribution in [1.29, 1.82) is 0 Å². The van der Waals surface area contributed by atoms with E-state index in [0.717, 1.165) is 5.56 Å². The maximum absolute atomic E-state index is 10.7. The molecule has 2 heteroatoms. The van der Waals surface area contributed by atoms with Gasteiger partial charge in [-0.1, -0.05) is 50.3 Å². The monoisotopic (exact) mass is 218 g/mol. The van der Waals surface area contributed by atoms with E-state index in [9.17, 15) is 5.11 Å². The lowest BCUT2D eigenvalue weighted by atomic mass is 9.67. The average molecular weight is 218 g/mol. The largest absolute Gasteiger partial charge is 0.383 e. The molecule has 0 saturated carbocycles. The van der Waals surface area contributed by atoms with Crippen LogP contribution in [0.3, 0.4) is 0 Å². The lowest BCUT2D eigenvalue weighted by Crippen LogP contribution is -2.60. The fourth-order valence-electron chi connectivity index (χ4n) is 2.02. The van der Waals surface area contributed by atoms with E-state index in [1.165, 1.54) is 0 Å². The number of ether oxygens (including phenoxy) is 1. The van der Waals surface area contributed by atoms with Crippen molar-refractivity contribution in [1.82, 2.24) is 0 Å². The van der Waals surface area contributed by atoms with Gasteiger partial charge < -0.3 is 9.84 Å². The second-order valence-corrected chi connectivity index (χ2v) is 4.95. The van der Waals surface area contributed by atoms with Crippen LogP contribution in [-0.4, -0.2) is 17.3 Å². The minimum atomic E-state index is -0.851. The summed E-state index contributed by atoms with van der Waals surface area (Å²) in [5, 5.41) is 10.7. The van der Waals surface area contributed by atoms with Crippen LogP contribution in [0.4, 0.5) is 0 Å². The van der Waals surface area contributed by atoms with E-state index in [0.29, 0.717) is 6.61 Å². The van der Waals surface area contributed by atoms with Gasteiger partial charge in [-0.2, -0.15) is 0 Å². The Morgan fingerprint density at radius 2 is 2.06 bits per heavy atom. The summed E-state index contributed by atoms with van der Waals surface area (Å²) in [5.74, 6) is 0. The van der Waals surface area contributed by atoms with E-state index in [2.05, 4.69) is 6.58 Å². The van der Waals surface area contributed by atoms with Gasteiger partial charge >= 0.3 is 0 Å². The second-order valence-electron chi connectivity index (χ2n) is 4.95. The zero-order valence-corrected chi connectivity index (χ0v) is 9.81. The number of hydrogen-bond donors (Lipinski definition) is 1. The topological polar surface area (TPSA) is 29.5 Å². The van der Waals surface area contributed by atoms with Gasteiger partial charge in [-0.05, 0) is 5.56 Å². The molecule has 0 aliphatic carbocycles. The van der Waals surface area contributed by atoms with Crippen molar-refractivity contribution in [2.45, 2.75) is 25.6 Å². The van der Waals surface area contributed by atoms with Gasteiger partial charge in [0.2, 0.25) is 0 Å². The van der Waals surface area contributed by atoms with Crippen molar-refractivity contribution < 1.29 is 9.84 Å². The molecule has 1 saturated heterocycles. The van der Waals surface area contributed by atoms with Crippen LogP contribution in [0.25, 0.3) is 0 Å². The summed E-state index contributed by atoms with van der Waals surface area (Å²) < 4.78 is 5.52. The van der Waals surface area contributed by atoms with Crippen molar-refractivity contribution in [2.75, 3.05) is 6.61 Å². The number of rotatable bonds is 3. The minimum Gasteiger partial charge on any atom is -0.383 e. The molecule has 1 N–H and O–H groups in total. The van der Waals surface area contributed by atoms with Gasteiger partial charge in [0, 0.05) is 5.41 Å². The van der Waals surface area contributed by atoms with E-state index in [1.54, 1.807) is 6.08 Å². The van der Waals surface area contributed by atoms with Crippen molar-refractivity contribution in [3.8, 4) is 0 Å². The molecule has 0 spiro atoms. The fraction of sp³-hybridized carbons (Fsp3) is 0.429. The highest BCUT2D eigenvalue weighted by molar-refractivity contribution is 5.26. The van der Waals surface area contributed by atoms with Crippen LogP contribution in [0.15, 0.2) is 43.0 Å². The van der Waals surface area contributed by atoms with Crippen molar-refractivity contribution in [3.63, 3.8) is 0 Å². The van der Waals surface area contributed by atoms with Gasteiger partial charge in [0.25, 0.3) is 0 Å². The quantitative estimate of drug-likeness (QED) is 0.790. The molecular formula is C14H18O2. The Morgan fingerprint density at radius 3 is 2.50 bits per heavy atom. The number of hydrogen-bond acceptors (Lipinski definition) is 2. The van der Waals surface area contributed by atoms with Crippen LogP contribution in [0.2, 0.25) is 0 Å². The van der Waals surface area contributed by atoms with Crippen LogP contribution in [0, 0.1) is 5.41 Å². The molecule has 0 unspecified atom stereocenters. The summed E-state index contributed by atoms with van der Waals surface area (Å²) in [5.41, 5.74) is -0.187. The highest BCUT2D eigenvalue weighted by atomic mass is 16.6. The summed E-state index contributed by atoms with van der Waals surface area (Å²) in [7, 11) is 0. The molecule has 1 aromatic rings. The maximum atomic E-state index is 10.7. The third-order valence-electron chi connectivity index (χ3n) is 3.63. The molecule has 1 heterocycles. The normalized spacial score (nSPS) is 29.6. The maximum Gasteiger partial charge on any atom is 0.127 e. The van der Waals surface area contributed by atoms with E-state index >= 15 is 0 Å². The Hall–Kier alpha value is -1.12. The van der Waals surface area contributed by atoms with Crippen LogP contribution in [0.5, 0.6) is 0 Å². The first kappa shape index (κ1) is 11.4. The van der Waals surface area contributed by atoms with Gasteiger partial charge in [0.05, 0.1) is 6.61 Å². The van der Waals surface area contributed by atoms with Gasteiger partial charge in [0.1, 0.15) is 11.7 Å². The number of benzene rings is 1. The van der Waals surface area contributed by atoms with Crippen LogP contribution in [0.1, 0.15) is 25.5 Å². The third kappa shape index (κ3) is 1.49. The Morgan fingerprint density at radius 1 is 1.44 bits per heavy atom. The van der Waals surface area contributed by atoms with Gasteiger partial charge in [-0.15, -0.1) is 6.58 Å². The van der Waals surface area contributed by atoms with E-state index < -0.39 is 5.60 Å². The molecule has 0 amide bonds. The van der Waals surface area contributed by atoms with E-state index in [4.69, 9.17) is 4.74 Å².